The highest BCUT2D eigenvalue weighted by molar-refractivity contribution is 14.3. The Morgan fingerprint density at radius 2 is 1.95 bits per heavy atom. The molecule has 1 aliphatic rings. The number of alkyl halides is 3. The van der Waals surface area contributed by atoms with Crippen LogP contribution >= 0.6 is 57.9 Å². The third kappa shape index (κ3) is 7.17. The van der Waals surface area contributed by atoms with Gasteiger partial charge in [-0.2, -0.15) is 18.3 Å². The van der Waals surface area contributed by atoms with Crippen LogP contribution in [-0.2, 0) is 23.7 Å². The van der Waals surface area contributed by atoms with Crippen LogP contribution < -0.4 is 10.6 Å². The molecule has 1 aliphatic carbocycles. The lowest BCUT2D eigenvalue weighted by atomic mass is 10.0. The minimum atomic E-state index is -4.47. The Bertz CT molecular complexity index is 1680. The van der Waals surface area contributed by atoms with E-state index in [1.165, 1.54) is 35.9 Å². The number of carbonyl (C=O) groups is 1. The zero-order chi connectivity index (χ0) is 30.1. The van der Waals surface area contributed by atoms with Crippen LogP contribution in [0.5, 0.6) is 0 Å². The summed E-state index contributed by atoms with van der Waals surface area (Å²) >= 11 is 6.17. The summed E-state index contributed by atoms with van der Waals surface area (Å²) in [6, 6.07) is 5.38. The molecule has 1 saturated carbocycles. The van der Waals surface area contributed by atoms with Crippen molar-refractivity contribution in [3.63, 3.8) is 0 Å². The molecule has 4 aromatic rings. The van der Waals surface area contributed by atoms with Crippen molar-refractivity contribution < 1.29 is 26.9 Å². The number of anilines is 3. The van der Waals surface area contributed by atoms with Gasteiger partial charge in [0.15, 0.2) is 17.3 Å². The Hall–Kier alpha value is -2.49. The van der Waals surface area contributed by atoms with E-state index in [-0.39, 0.29) is 38.8 Å². The Balaban J connectivity index is 1.21. The van der Waals surface area contributed by atoms with E-state index in [1.807, 2.05) is 0 Å². The molecule has 9 nitrogen and oxygen atoms in total. The largest absolute Gasteiger partial charge is 0.401 e. The van der Waals surface area contributed by atoms with Gasteiger partial charge in [-0.05, 0) is 96.7 Å². The average molecular weight is 841 g/mol. The Labute approximate surface area is 267 Å². The summed E-state index contributed by atoms with van der Waals surface area (Å²) in [5, 5.41) is 16.4. The van der Waals surface area contributed by atoms with Crippen LogP contribution in [0.4, 0.5) is 35.0 Å². The number of aryl methyl sites for hydroxylation is 1. The minimum absolute atomic E-state index is 0.0919. The third-order valence-electron chi connectivity index (χ3n) is 6.29. The molecule has 0 aliphatic heterocycles. The quantitative estimate of drug-likeness (QED) is 0.0806. The van der Waals surface area contributed by atoms with E-state index in [0.717, 1.165) is 6.07 Å². The normalized spacial score (nSPS) is 13.9. The van der Waals surface area contributed by atoms with Gasteiger partial charge in [0.25, 0.3) is 0 Å². The Kier molecular flexibility index (Phi) is 9.30. The fourth-order valence-electron chi connectivity index (χ4n) is 4.02. The van der Waals surface area contributed by atoms with E-state index in [1.54, 1.807) is 24.0 Å². The van der Waals surface area contributed by atoms with Gasteiger partial charge in [0.2, 0.25) is 11.9 Å². The van der Waals surface area contributed by atoms with Gasteiger partial charge in [0.05, 0.1) is 14.5 Å². The molecular weight excluding hydrogens is 823 g/mol. The predicted octanol–water partition coefficient (Wildman–Crippen LogP) is 7.66. The highest BCUT2D eigenvalue weighted by Gasteiger charge is 2.66. The number of halogens is 6. The minimum Gasteiger partial charge on any atom is -0.358 e. The van der Waals surface area contributed by atoms with Gasteiger partial charge in [-0.3, -0.25) is 9.48 Å². The van der Waals surface area contributed by atoms with E-state index in [9.17, 15) is 22.4 Å². The number of aromatic nitrogens is 5. The van der Waals surface area contributed by atoms with Gasteiger partial charge in [0.1, 0.15) is 11.2 Å². The molecule has 17 heteroatoms. The van der Waals surface area contributed by atoms with Crippen LogP contribution in [0.3, 0.4) is 0 Å². The second-order valence-corrected chi connectivity index (χ2v) is 26.9. The molecule has 5 rings (SSSR count). The van der Waals surface area contributed by atoms with Crippen molar-refractivity contribution in [2.24, 2.45) is 7.05 Å². The predicted molar refractivity (Wildman–Crippen MR) is 169 cm³/mol. The Morgan fingerprint density at radius 3 is 2.60 bits per heavy atom. The van der Waals surface area contributed by atoms with Crippen molar-refractivity contribution in [1.82, 2.24) is 24.9 Å². The first-order valence-corrected chi connectivity index (χ1v) is 20.3. The molecule has 0 radical (unpaired) electrons. The molecule has 2 N–H and O–H groups in total. The smallest absolute Gasteiger partial charge is 0.358 e. The van der Waals surface area contributed by atoms with Crippen molar-refractivity contribution in [2.45, 2.75) is 30.9 Å². The van der Waals surface area contributed by atoms with Crippen LogP contribution in [0, 0.1) is 17.0 Å². The van der Waals surface area contributed by atoms with Crippen LogP contribution in [-0.4, -0.2) is 37.0 Å². The maximum absolute atomic E-state index is 14.9. The molecular formula is C25H18F4I2N7O2PS. The number of benzene rings is 1. The average Bonchev–Trinajstić information content (AvgIpc) is 3.51. The molecule has 0 bridgehead atoms. The maximum Gasteiger partial charge on any atom is 0.401 e. The molecule has 1 aromatic carbocycles. The number of nitrogens with one attached hydrogen (secondary N) is 2. The molecule has 42 heavy (non-hydrogen) atoms. The lowest BCUT2D eigenvalue weighted by Gasteiger charge is -2.14. The van der Waals surface area contributed by atoms with Crippen molar-refractivity contribution >= 4 is 81.2 Å². The van der Waals surface area contributed by atoms with Crippen LogP contribution in [0.1, 0.15) is 29.9 Å². The van der Waals surface area contributed by atoms with E-state index in [2.05, 4.69) is 86.1 Å². The van der Waals surface area contributed by atoms with Gasteiger partial charge in [-0.1, -0.05) is 17.3 Å². The van der Waals surface area contributed by atoms with Crippen molar-refractivity contribution in [3.05, 3.63) is 65.7 Å². The van der Waals surface area contributed by atoms with Gasteiger partial charge in [-0.15, -0.1) is 0 Å². The van der Waals surface area contributed by atoms with Crippen LogP contribution in [0.15, 0.2) is 47.4 Å². The highest BCUT2D eigenvalue weighted by Crippen LogP contribution is 2.64. The number of hydrogen-bond acceptors (Lipinski definition) is 8. The topological polar surface area (TPSA) is 111 Å². The lowest BCUT2D eigenvalue weighted by molar-refractivity contribution is -0.165. The zero-order valence-electron chi connectivity index (χ0n) is 21.3. The fraction of sp³-hybridized carbons (Fsp3) is 0.240. The fourth-order valence-corrected chi connectivity index (χ4v) is 6.35. The molecule has 0 saturated heterocycles. The number of nitrogens with zero attached hydrogens (tertiary/aromatic N) is 5. The van der Waals surface area contributed by atoms with Crippen LogP contribution in [0.25, 0.3) is 11.1 Å². The standard InChI is InChI=1S/C25H18F4I2N7O2PS/c1-38-13-19(18(36-38)4-7-42-41(30)31)34-23-32-11-16(12-33-23)14-2-3-15(17(26)8-14)9-22(39)35-21-10-20(40-37-21)24(5-6-24)25(27,28)29/h2-3,8,10-13H,5-6,9H2,1H3,(H,32,33,34)(H,35,37,39). The Morgan fingerprint density at radius 1 is 1.21 bits per heavy atom. The molecule has 1 amide bonds. The SMILES string of the molecule is Cn1cc(Nc2ncc(-c3ccc(CC(=O)Nc4cc(C5(C(F)(F)F)CC5)on4)c(F)c3)cn2)c(C#CSP(I)I)n1. The van der Waals surface area contributed by atoms with E-state index < -0.39 is 23.3 Å². The van der Waals surface area contributed by atoms with E-state index in [4.69, 9.17) is 4.52 Å². The number of rotatable bonds is 8. The summed E-state index contributed by atoms with van der Waals surface area (Å²) in [5.74, 6) is 1.53. The molecule has 218 valence electrons. The number of amides is 1. The van der Waals surface area contributed by atoms with Gasteiger partial charge in [0, 0.05) is 37.3 Å². The first-order chi connectivity index (χ1) is 19.9. The molecule has 1 fully saturated rings. The second kappa shape index (κ2) is 12.6. The van der Waals surface area contributed by atoms with Gasteiger partial charge >= 0.3 is 6.18 Å². The summed E-state index contributed by atoms with van der Waals surface area (Å²) < 4.78 is 60.9. The van der Waals surface area contributed by atoms with Crippen molar-refractivity contribution in [1.29, 1.82) is 0 Å². The molecule has 3 aromatic heterocycles. The first-order valence-electron chi connectivity index (χ1n) is 12.0. The summed E-state index contributed by atoms with van der Waals surface area (Å²) in [6.07, 6.45) is -0.193. The lowest BCUT2D eigenvalue weighted by Crippen LogP contribution is -2.28. The first kappa shape index (κ1) is 31.0. The monoisotopic (exact) mass is 841 g/mol. The summed E-state index contributed by atoms with van der Waals surface area (Å²) in [7, 11) is 1.78. The number of hydrogen-bond donors (Lipinski definition) is 2. The van der Waals surface area contributed by atoms with Gasteiger partial charge < -0.3 is 15.2 Å². The molecule has 0 spiro atoms. The zero-order valence-corrected chi connectivity index (χ0v) is 27.4. The molecule has 3 heterocycles. The summed E-state index contributed by atoms with van der Waals surface area (Å²) in [6.45, 7) is 0. The molecule has 0 atom stereocenters. The number of carbonyl (C=O) groups excluding carboxylic acids is 1. The van der Waals surface area contributed by atoms with Gasteiger partial charge in [-0.25, -0.2) is 14.4 Å². The second-order valence-electron chi connectivity index (χ2n) is 9.19. The van der Waals surface area contributed by atoms with Crippen LogP contribution in [0.2, 0.25) is 0 Å². The third-order valence-corrected chi connectivity index (χ3v) is 10.9. The van der Waals surface area contributed by atoms with E-state index in [0.29, 0.717) is 28.5 Å². The highest BCUT2D eigenvalue weighted by atomic mass is 127. The molecule has 0 unspecified atom stereocenters. The summed E-state index contributed by atoms with van der Waals surface area (Å²) in [5.41, 5.74) is 0.281. The van der Waals surface area contributed by atoms with Crippen molar-refractivity contribution in [2.75, 3.05) is 10.6 Å². The maximum atomic E-state index is 14.9. The van der Waals surface area contributed by atoms with Crippen molar-refractivity contribution in [3.8, 4) is 22.3 Å². The summed E-state index contributed by atoms with van der Waals surface area (Å²) in [4.78, 5) is 21.1. The van der Waals surface area contributed by atoms with E-state index >= 15 is 0 Å².